The molecular weight excluding hydrogens is 230 g/mol. The molecule has 0 aromatic heterocycles. The van der Waals surface area contributed by atoms with E-state index in [0.717, 1.165) is 17.0 Å². The molecule has 0 atom stereocenters. The van der Waals surface area contributed by atoms with Gasteiger partial charge in [0.05, 0.1) is 11.6 Å². The number of nitriles is 1. The fraction of sp³-hybridized carbons (Fsp3) is 0.273. The maximum atomic E-state index is 13.6. The fourth-order valence-corrected chi connectivity index (χ4v) is 1.44. The van der Waals surface area contributed by atoms with Crippen LogP contribution in [0.1, 0.15) is 12.5 Å². The fourth-order valence-electron chi connectivity index (χ4n) is 1.44. The normalized spacial score (nSPS) is 9.76. The van der Waals surface area contributed by atoms with E-state index in [9.17, 15) is 13.6 Å². The van der Waals surface area contributed by atoms with Gasteiger partial charge in [-0.2, -0.15) is 5.26 Å². The van der Waals surface area contributed by atoms with Gasteiger partial charge in [-0.05, 0) is 19.1 Å². The van der Waals surface area contributed by atoms with Gasteiger partial charge in [-0.15, -0.1) is 0 Å². The van der Waals surface area contributed by atoms with E-state index in [4.69, 9.17) is 10.4 Å². The maximum absolute atomic E-state index is 13.6. The molecule has 1 aromatic carbocycles. The highest BCUT2D eigenvalue weighted by Gasteiger charge is 2.18. The highest BCUT2D eigenvalue weighted by molar-refractivity contribution is 5.74. The molecule has 1 N–H and O–H groups in total. The molecule has 0 spiro atoms. The van der Waals surface area contributed by atoms with Gasteiger partial charge in [-0.1, -0.05) is 0 Å². The van der Waals surface area contributed by atoms with Gasteiger partial charge in [0.1, 0.15) is 12.2 Å². The molecule has 4 nitrogen and oxygen atoms in total. The standard InChI is InChI=1S/C11H10F2N2O2/c1-2-15(6-10(16)17)11-8(12)3-7(5-14)4-9(11)13/h3-4H,2,6H2,1H3,(H,16,17). The zero-order chi connectivity index (χ0) is 13.0. The molecule has 0 amide bonds. The highest BCUT2D eigenvalue weighted by Crippen LogP contribution is 2.24. The van der Waals surface area contributed by atoms with Crippen LogP contribution in [0.5, 0.6) is 0 Å². The van der Waals surface area contributed by atoms with Crippen LogP contribution < -0.4 is 4.90 Å². The van der Waals surface area contributed by atoms with Gasteiger partial charge in [0.25, 0.3) is 0 Å². The Labute approximate surface area is 96.7 Å². The Balaban J connectivity index is 3.20. The van der Waals surface area contributed by atoms with Crippen LogP contribution in [0.3, 0.4) is 0 Å². The summed E-state index contributed by atoms with van der Waals surface area (Å²) in [5.74, 6) is -3.07. The third-order valence-electron chi connectivity index (χ3n) is 2.17. The van der Waals surface area contributed by atoms with Crippen molar-refractivity contribution < 1.29 is 18.7 Å². The van der Waals surface area contributed by atoms with Crippen molar-refractivity contribution in [3.05, 3.63) is 29.3 Å². The summed E-state index contributed by atoms with van der Waals surface area (Å²) in [7, 11) is 0. The molecule has 6 heteroatoms. The van der Waals surface area contributed by atoms with Crippen LogP contribution in [0.2, 0.25) is 0 Å². The van der Waals surface area contributed by atoms with Crippen molar-refractivity contribution in [1.82, 2.24) is 0 Å². The molecule has 0 bridgehead atoms. The molecule has 0 saturated heterocycles. The topological polar surface area (TPSA) is 64.3 Å². The number of halogens is 2. The zero-order valence-electron chi connectivity index (χ0n) is 9.07. The molecule has 0 aliphatic carbocycles. The summed E-state index contributed by atoms with van der Waals surface area (Å²) in [5, 5.41) is 17.1. The van der Waals surface area contributed by atoms with E-state index >= 15 is 0 Å². The largest absolute Gasteiger partial charge is 0.480 e. The lowest BCUT2D eigenvalue weighted by molar-refractivity contribution is -0.135. The van der Waals surface area contributed by atoms with Gasteiger partial charge in [-0.25, -0.2) is 8.78 Å². The van der Waals surface area contributed by atoms with E-state index < -0.39 is 29.8 Å². The van der Waals surface area contributed by atoms with Gasteiger partial charge >= 0.3 is 5.97 Å². The molecule has 0 aliphatic rings. The number of nitrogens with zero attached hydrogens (tertiary/aromatic N) is 2. The van der Waals surface area contributed by atoms with Crippen LogP contribution in [0.15, 0.2) is 12.1 Å². The number of rotatable bonds is 4. The van der Waals surface area contributed by atoms with E-state index in [0.29, 0.717) is 0 Å². The van der Waals surface area contributed by atoms with Gasteiger partial charge in [0, 0.05) is 6.54 Å². The molecule has 1 aromatic rings. The Hall–Kier alpha value is -2.16. The van der Waals surface area contributed by atoms with Crippen molar-refractivity contribution >= 4 is 11.7 Å². The summed E-state index contributed by atoms with van der Waals surface area (Å²) >= 11 is 0. The van der Waals surface area contributed by atoms with Crippen molar-refractivity contribution in [3.63, 3.8) is 0 Å². The van der Waals surface area contributed by atoms with E-state index in [1.165, 1.54) is 0 Å². The quantitative estimate of drug-likeness (QED) is 0.870. The second-order valence-corrected chi connectivity index (χ2v) is 3.31. The summed E-state index contributed by atoms with van der Waals surface area (Å²) in [5.41, 5.74) is -0.566. The van der Waals surface area contributed by atoms with Crippen molar-refractivity contribution in [2.75, 3.05) is 18.0 Å². The molecule has 90 valence electrons. The Bertz CT molecular complexity index is 460. The summed E-state index contributed by atoms with van der Waals surface area (Å²) in [4.78, 5) is 11.6. The molecule has 0 fully saturated rings. The molecule has 0 saturated carbocycles. The van der Waals surface area contributed by atoms with Crippen LogP contribution in [0.4, 0.5) is 14.5 Å². The number of hydrogen-bond acceptors (Lipinski definition) is 3. The average molecular weight is 240 g/mol. The SMILES string of the molecule is CCN(CC(=O)O)c1c(F)cc(C#N)cc1F. The van der Waals surface area contributed by atoms with Crippen molar-refractivity contribution in [2.24, 2.45) is 0 Å². The van der Waals surface area contributed by atoms with Crippen molar-refractivity contribution in [2.45, 2.75) is 6.92 Å². The minimum absolute atomic E-state index is 0.143. The number of hydrogen-bond donors (Lipinski definition) is 1. The van der Waals surface area contributed by atoms with E-state index in [2.05, 4.69) is 0 Å². The lowest BCUT2D eigenvalue weighted by Crippen LogP contribution is -2.31. The van der Waals surface area contributed by atoms with Crippen molar-refractivity contribution in [3.8, 4) is 6.07 Å². The minimum Gasteiger partial charge on any atom is -0.480 e. The first-order chi connectivity index (χ1) is 7.99. The Morgan fingerprint density at radius 1 is 1.47 bits per heavy atom. The molecule has 0 unspecified atom stereocenters. The zero-order valence-corrected chi connectivity index (χ0v) is 9.07. The van der Waals surface area contributed by atoms with E-state index in [-0.39, 0.29) is 12.1 Å². The van der Waals surface area contributed by atoms with Gasteiger partial charge in [0.15, 0.2) is 11.6 Å². The first kappa shape index (κ1) is 12.9. The van der Waals surface area contributed by atoms with Gasteiger partial charge in [0.2, 0.25) is 0 Å². The molecule has 0 aliphatic heterocycles. The predicted molar refractivity (Wildman–Crippen MR) is 56.6 cm³/mol. The molecular formula is C11H10F2N2O2. The predicted octanol–water partition coefficient (Wildman–Crippen LogP) is 1.75. The number of anilines is 1. The van der Waals surface area contributed by atoms with Gasteiger partial charge < -0.3 is 10.0 Å². The second-order valence-electron chi connectivity index (χ2n) is 3.31. The molecule has 0 heterocycles. The number of likely N-dealkylation sites (N-methyl/N-ethyl adjacent to an activating group) is 1. The Morgan fingerprint density at radius 2 is 2.00 bits per heavy atom. The molecule has 1 rings (SSSR count). The molecule has 17 heavy (non-hydrogen) atoms. The number of carboxylic acids is 1. The third kappa shape index (κ3) is 2.91. The summed E-state index contributed by atoms with van der Waals surface area (Å²) in [6, 6.07) is 3.37. The van der Waals surface area contributed by atoms with Gasteiger partial charge in [-0.3, -0.25) is 4.79 Å². The number of carbonyl (C=O) groups is 1. The van der Waals surface area contributed by atoms with Crippen LogP contribution in [0, 0.1) is 23.0 Å². The summed E-state index contributed by atoms with van der Waals surface area (Å²) in [6.45, 7) is 1.22. The summed E-state index contributed by atoms with van der Waals surface area (Å²) < 4.78 is 27.1. The lowest BCUT2D eigenvalue weighted by Gasteiger charge is -2.21. The number of aliphatic carboxylic acids is 1. The number of benzene rings is 1. The lowest BCUT2D eigenvalue weighted by atomic mass is 10.2. The third-order valence-corrected chi connectivity index (χ3v) is 2.17. The first-order valence-corrected chi connectivity index (χ1v) is 4.85. The molecule has 0 radical (unpaired) electrons. The second kappa shape index (κ2) is 5.25. The van der Waals surface area contributed by atoms with Crippen molar-refractivity contribution in [1.29, 1.82) is 5.26 Å². The Kier molecular flexibility index (Phi) is 3.99. The van der Waals surface area contributed by atoms with Crippen LogP contribution in [-0.2, 0) is 4.79 Å². The highest BCUT2D eigenvalue weighted by atomic mass is 19.1. The summed E-state index contributed by atoms with van der Waals surface area (Å²) in [6.07, 6.45) is 0. The van der Waals surface area contributed by atoms with Crippen LogP contribution in [-0.4, -0.2) is 24.2 Å². The smallest absolute Gasteiger partial charge is 0.323 e. The minimum atomic E-state index is -1.19. The monoisotopic (exact) mass is 240 g/mol. The van der Waals surface area contributed by atoms with Crippen LogP contribution in [0.25, 0.3) is 0 Å². The number of carboxylic acid groups (broad SMARTS) is 1. The van der Waals surface area contributed by atoms with E-state index in [1.54, 1.807) is 13.0 Å². The first-order valence-electron chi connectivity index (χ1n) is 4.85. The average Bonchev–Trinajstić information content (AvgIpc) is 2.25. The van der Waals surface area contributed by atoms with Crippen LogP contribution >= 0.6 is 0 Å². The Morgan fingerprint density at radius 3 is 2.35 bits per heavy atom. The van der Waals surface area contributed by atoms with E-state index in [1.807, 2.05) is 0 Å². The maximum Gasteiger partial charge on any atom is 0.323 e.